The standard InChI is InChI=1S/C30H63NO13Si/c1-30(2,3)44-29(32)31-7-8-33-9-10-34-11-12-35-13-14-36-15-16-37-17-18-38-19-20-39-21-22-40-23-24-41-25-26-42-27-28-43-45(4,5)6/h7-28H2,1-6H3,(H,31,32). The second kappa shape index (κ2) is 31.6. The lowest BCUT2D eigenvalue weighted by atomic mass is 10.2. The molecule has 0 saturated carbocycles. The Morgan fingerprint density at radius 3 is 0.933 bits per heavy atom. The maximum Gasteiger partial charge on any atom is 0.407 e. The van der Waals surface area contributed by atoms with Crippen molar-refractivity contribution in [1.29, 1.82) is 0 Å². The highest BCUT2D eigenvalue weighted by molar-refractivity contribution is 6.69. The van der Waals surface area contributed by atoms with Crippen molar-refractivity contribution in [2.75, 3.05) is 145 Å². The fourth-order valence-electron chi connectivity index (χ4n) is 3.03. The van der Waals surface area contributed by atoms with Crippen molar-refractivity contribution in [3.63, 3.8) is 0 Å². The van der Waals surface area contributed by atoms with E-state index in [4.69, 9.17) is 56.5 Å². The molecule has 45 heavy (non-hydrogen) atoms. The third-order valence-corrected chi connectivity index (χ3v) is 6.10. The summed E-state index contributed by atoms with van der Waals surface area (Å²) in [6, 6.07) is 0. The highest BCUT2D eigenvalue weighted by Crippen LogP contribution is 2.06. The molecule has 1 N–H and O–H groups in total. The molecule has 0 unspecified atom stereocenters. The average molecular weight is 674 g/mol. The zero-order valence-corrected chi connectivity index (χ0v) is 29.9. The molecule has 1 amide bonds. The number of carbonyl (C=O) groups excluding carboxylic acids is 1. The molecule has 0 aliphatic heterocycles. The summed E-state index contributed by atoms with van der Waals surface area (Å²) in [5, 5.41) is 2.63. The van der Waals surface area contributed by atoms with E-state index in [1.165, 1.54) is 0 Å². The smallest absolute Gasteiger partial charge is 0.407 e. The number of alkyl carbamates (subject to hydrolysis) is 1. The van der Waals surface area contributed by atoms with Gasteiger partial charge in [-0.1, -0.05) is 0 Å². The molecule has 0 bridgehead atoms. The predicted molar refractivity (Wildman–Crippen MR) is 172 cm³/mol. The van der Waals surface area contributed by atoms with Gasteiger partial charge >= 0.3 is 6.09 Å². The van der Waals surface area contributed by atoms with Crippen molar-refractivity contribution in [1.82, 2.24) is 5.32 Å². The first kappa shape index (κ1) is 44.0. The van der Waals surface area contributed by atoms with Crippen molar-refractivity contribution in [2.24, 2.45) is 0 Å². The lowest BCUT2D eigenvalue weighted by Gasteiger charge is -2.19. The van der Waals surface area contributed by atoms with Gasteiger partial charge in [0.1, 0.15) is 5.60 Å². The molecular weight excluding hydrogens is 610 g/mol. The van der Waals surface area contributed by atoms with Crippen LogP contribution >= 0.6 is 0 Å². The zero-order chi connectivity index (χ0) is 33.3. The van der Waals surface area contributed by atoms with Gasteiger partial charge in [0.15, 0.2) is 8.32 Å². The van der Waals surface area contributed by atoms with Crippen molar-refractivity contribution in [3.05, 3.63) is 0 Å². The molecule has 0 atom stereocenters. The summed E-state index contributed by atoms with van der Waals surface area (Å²) in [4.78, 5) is 11.5. The van der Waals surface area contributed by atoms with Crippen LogP contribution in [-0.4, -0.2) is 165 Å². The van der Waals surface area contributed by atoms with Gasteiger partial charge in [0.2, 0.25) is 0 Å². The van der Waals surface area contributed by atoms with E-state index < -0.39 is 20.0 Å². The molecule has 0 aromatic carbocycles. The van der Waals surface area contributed by atoms with Crippen LogP contribution in [0.1, 0.15) is 20.8 Å². The quantitative estimate of drug-likeness (QED) is 0.0791. The Hall–Kier alpha value is -0.953. The minimum atomic E-state index is -1.45. The van der Waals surface area contributed by atoms with E-state index in [9.17, 15) is 4.79 Å². The second-order valence-corrected chi connectivity index (χ2v) is 16.0. The van der Waals surface area contributed by atoms with Crippen molar-refractivity contribution in [3.8, 4) is 0 Å². The topological polar surface area (TPSA) is 140 Å². The number of hydrogen-bond acceptors (Lipinski definition) is 13. The summed E-state index contributed by atoms with van der Waals surface area (Å²) < 4.78 is 65.4. The molecular formula is C30H63NO13Si. The Bertz CT molecular complexity index is 636. The van der Waals surface area contributed by atoms with Crippen molar-refractivity contribution >= 4 is 14.4 Å². The van der Waals surface area contributed by atoms with Crippen LogP contribution < -0.4 is 5.32 Å². The fourth-order valence-corrected chi connectivity index (χ4v) is 3.72. The number of nitrogens with one attached hydrogen (secondary N) is 1. The van der Waals surface area contributed by atoms with E-state index in [1.807, 2.05) is 20.8 Å². The third-order valence-electron chi connectivity index (χ3n) is 5.03. The SMILES string of the molecule is CC(C)(C)OC(=O)NCCOCCOCCOCCOCCOCCOCCOCCOCCOCCOCCO[Si](C)(C)C. The number of ether oxygens (including phenoxy) is 11. The molecule has 0 fully saturated rings. The van der Waals surface area contributed by atoms with Crippen molar-refractivity contribution < 1.29 is 61.3 Å². The Morgan fingerprint density at radius 1 is 0.444 bits per heavy atom. The lowest BCUT2D eigenvalue weighted by Crippen LogP contribution is -2.34. The molecule has 270 valence electrons. The van der Waals surface area contributed by atoms with Crippen molar-refractivity contribution in [2.45, 2.75) is 46.0 Å². The van der Waals surface area contributed by atoms with Gasteiger partial charge in [-0.2, -0.15) is 0 Å². The number of hydrogen-bond donors (Lipinski definition) is 1. The summed E-state index contributed by atoms with van der Waals surface area (Å²) in [5.41, 5.74) is -0.510. The van der Waals surface area contributed by atoms with Crippen LogP contribution in [0.15, 0.2) is 0 Å². The summed E-state index contributed by atoms with van der Waals surface area (Å²) >= 11 is 0. The number of rotatable bonds is 34. The van der Waals surface area contributed by atoms with Crippen LogP contribution in [-0.2, 0) is 56.5 Å². The van der Waals surface area contributed by atoms with Crippen LogP contribution in [0.25, 0.3) is 0 Å². The maximum atomic E-state index is 11.5. The van der Waals surface area contributed by atoms with Crippen LogP contribution in [0.3, 0.4) is 0 Å². The molecule has 0 spiro atoms. The highest BCUT2D eigenvalue weighted by Gasteiger charge is 2.15. The number of carbonyl (C=O) groups is 1. The van der Waals surface area contributed by atoms with Gasteiger partial charge in [0.25, 0.3) is 0 Å². The van der Waals surface area contributed by atoms with Crippen LogP contribution in [0.5, 0.6) is 0 Å². The zero-order valence-electron chi connectivity index (χ0n) is 28.9. The van der Waals surface area contributed by atoms with Crippen LogP contribution in [0.4, 0.5) is 4.79 Å². The molecule has 0 saturated heterocycles. The van der Waals surface area contributed by atoms with E-state index in [0.29, 0.717) is 145 Å². The van der Waals surface area contributed by atoms with E-state index in [2.05, 4.69) is 25.0 Å². The van der Waals surface area contributed by atoms with Gasteiger partial charge in [-0.05, 0) is 40.4 Å². The summed E-state index contributed by atoms with van der Waals surface area (Å²) in [6.45, 7) is 23.0. The monoisotopic (exact) mass is 673 g/mol. The molecule has 0 rings (SSSR count). The first-order chi connectivity index (χ1) is 21.6. The molecule has 0 heterocycles. The second-order valence-electron chi connectivity index (χ2n) is 11.5. The average Bonchev–Trinajstić information content (AvgIpc) is 2.96. The van der Waals surface area contributed by atoms with Gasteiger partial charge in [0, 0.05) is 6.54 Å². The molecule has 15 heteroatoms. The highest BCUT2D eigenvalue weighted by atomic mass is 28.4. The van der Waals surface area contributed by atoms with Gasteiger partial charge in [-0.25, -0.2) is 4.79 Å². The van der Waals surface area contributed by atoms with E-state index in [-0.39, 0.29) is 0 Å². The number of amides is 1. The summed E-state index contributed by atoms with van der Waals surface area (Å²) in [5.74, 6) is 0. The molecule has 14 nitrogen and oxygen atoms in total. The minimum absolute atomic E-state index is 0.384. The van der Waals surface area contributed by atoms with Crippen LogP contribution in [0.2, 0.25) is 19.6 Å². The Labute approximate surface area is 272 Å². The lowest BCUT2D eigenvalue weighted by molar-refractivity contribution is -0.0267. The van der Waals surface area contributed by atoms with Gasteiger partial charge in [-0.15, -0.1) is 0 Å². The first-order valence-electron chi connectivity index (χ1n) is 16.0. The van der Waals surface area contributed by atoms with E-state index in [1.54, 1.807) is 0 Å². The largest absolute Gasteiger partial charge is 0.444 e. The molecule has 0 aliphatic rings. The molecule has 0 aromatic rings. The molecule has 0 radical (unpaired) electrons. The summed E-state index contributed by atoms with van der Waals surface area (Å²) in [7, 11) is -1.45. The predicted octanol–water partition coefficient (Wildman–Crippen LogP) is 2.53. The maximum absolute atomic E-state index is 11.5. The Balaban J connectivity index is 3.11. The van der Waals surface area contributed by atoms with Gasteiger partial charge in [0.05, 0.1) is 139 Å². The van der Waals surface area contributed by atoms with Crippen LogP contribution in [0, 0.1) is 0 Å². The normalized spacial score (nSPS) is 12.1. The fraction of sp³-hybridized carbons (Fsp3) is 0.967. The molecule has 0 aromatic heterocycles. The first-order valence-corrected chi connectivity index (χ1v) is 19.4. The van der Waals surface area contributed by atoms with E-state index in [0.717, 1.165) is 0 Å². The van der Waals surface area contributed by atoms with Gasteiger partial charge in [-0.3, -0.25) is 0 Å². The molecule has 0 aliphatic carbocycles. The minimum Gasteiger partial charge on any atom is -0.444 e. The summed E-state index contributed by atoms with van der Waals surface area (Å²) in [6.07, 6.45) is -0.451. The Kier molecular flexibility index (Phi) is 31.0. The Morgan fingerprint density at radius 2 is 0.689 bits per heavy atom. The third kappa shape index (κ3) is 41.0. The van der Waals surface area contributed by atoms with E-state index >= 15 is 0 Å². The van der Waals surface area contributed by atoms with Gasteiger partial charge < -0.3 is 61.8 Å².